The average Bonchev–Trinajstić information content (AvgIpc) is 2.47. The molecule has 1 aromatic carbocycles. The lowest BCUT2D eigenvalue weighted by Gasteiger charge is -2.14. The van der Waals surface area contributed by atoms with Crippen LogP contribution in [0.4, 0.5) is 0 Å². The molecule has 0 heterocycles. The molecule has 6 heteroatoms. The Morgan fingerprint density at radius 1 is 1.30 bits per heavy atom. The van der Waals surface area contributed by atoms with E-state index in [1.807, 2.05) is 13.8 Å². The van der Waals surface area contributed by atoms with Gasteiger partial charge in [-0.3, -0.25) is 0 Å². The van der Waals surface area contributed by atoms with E-state index in [0.717, 1.165) is 12.8 Å². The number of sulfonamides is 1. The van der Waals surface area contributed by atoms with Gasteiger partial charge >= 0.3 is 0 Å². The van der Waals surface area contributed by atoms with Gasteiger partial charge in [0.1, 0.15) is 5.75 Å². The molecule has 0 unspecified atom stereocenters. The van der Waals surface area contributed by atoms with Gasteiger partial charge in [0.05, 0.1) is 18.6 Å². The van der Waals surface area contributed by atoms with Crippen LogP contribution in [0.25, 0.3) is 0 Å². The Balaban J connectivity index is 2.92. The zero-order chi connectivity index (χ0) is 15.2. The third-order valence-corrected chi connectivity index (χ3v) is 4.87. The molecule has 0 aromatic heterocycles. The molecule has 5 nitrogen and oxygen atoms in total. The molecule has 0 aliphatic rings. The van der Waals surface area contributed by atoms with Crippen LogP contribution in [0.2, 0.25) is 0 Å². The Morgan fingerprint density at radius 3 is 2.45 bits per heavy atom. The van der Waals surface area contributed by atoms with Gasteiger partial charge in [-0.25, -0.2) is 13.1 Å². The molecular weight excluding hydrogens is 278 g/mol. The van der Waals surface area contributed by atoms with E-state index in [4.69, 9.17) is 4.74 Å². The van der Waals surface area contributed by atoms with Crippen LogP contribution in [0.15, 0.2) is 23.1 Å². The SMILES string of the molecule is CCC(CC)CNS(=O)(=O)c1ccc(OC)c(CO)c1. The minimum Gasteiger partial charge on any atom is -0.496 e. The maximum absolute atomic E-state index is 12.2. The second kappa shape index (κ2) is 7.61. The summed E-state index contributed by atoms with van der Waals surface area (Å²) < 4.78 is 32.1. The first-order valence-electron chi connectivity index (χ1n) is 6.75. The van der Waals surface area contributed by atoms with Gasteiger partial charge in [-0.15, -0.1) is 0 Å². The molecule has 20 heavy (non-hydrogen) atoms. The van der Waals surface area contributed by atoms with Gasteiger partial charge in [0, 0.05) is 12.1 Å². The van der Waals surface area contributed by atoms with E-state index in [2.05, 4.69) is 4.72 Å². The number of aliphatic hydroxyl groups excluding tert-OH is 1. The smallest absolute Gasteiger partial charge is 0.240 e. The van der Waals surface area contributed by atoms with Crippen molar-refractivity contribution in [3.63, 3.8) is 0 Å². The molecule has 0 atom stereocenters. The monoisotopic (exact) mass is 301 g/mol. The van der Waals surface area contributed by atoms with Gasteiger partial charge in [-0.1, -0.05) is 26.7 Å². The van der Waals surface area contributed by atoms with E-state index in [1.165, 1.54) is 19.2 Å². The van der Waals surface area contributed by atoms with E-state index in [0.29, 0.717) is 23.8 Å². The number of aliphatic hydroxyl groups is 1. The van der Waals surface area contributed by atoms with Crippen LogP contribution in [0.3, 0.4) is 0 Å². The van der Waals surface area contributed by atoms with Crippen molar-refractivity contribution < 1.29 is 18.3 Å². The Kier molecular flexibility index (Phi) is 6.45. The summed E-state index contributed by atoms with van der Waals surface area (Å²) in [6.07, 6.45) is 1.87. The van der Waals surface area contributed by atoms with Gasteiger partial charge in [-0.2, -0.15) is 0 Å². The summed E-state index contributed by atoms with van der Waals surface area (Å²) in [7, 11) is -2.07. The quantitative estimate of drug-likeness (QED) is 0.769. The number of hydrogen-bond acceptors (Lipinski definition) is 4. The first-order valence-corrected chi connectivity index (χ1v) is 8.24. The van der Waals surface area contributed by atoms with Crippen molar-refractivity contribution in [2.24, 2.45) is 5.92 Å². The van der Waals surface area contributed by atoms with E-state index in [1.54, 1.807) is 6.07 Å². The number of methoxy groups -OCH3 is 1. The number of benzene rings is 1. The largest absolute Gasteiger partial charge is 0.496 e. The minimum absolute atomic E-state index is 0.147. The first kappa shape index (κ1) is 16.9. The molecule has 0 amide bonds. The Labute approximate surface area is 121 Å². The summed E-state index contributed by atoms with van der Waals surface area (Å²) in [5.74, 6) is 0.812. The van der Waals surface area contributed by atoms with Gasteiger partial charge < -0.3 is 9.84 Å². The van der Waals surface area contributed by atoms with Crippen molar-refractivity contribution in [2.45, 2.75) is 38.2 Å². The molecule has 0 bridgehead atoms. The van der Waals surface area contributed by atoms with Crippen molar-refractivity contribution in [1.29, 1.82) is 0 Å². The lowest BCUT2D eigenvalue weighted by Crippen LogP contribution is -2.29. The van der Waals surface area contributed by atoms with E-state index < -0.39 is 10.0 Å². The molecule has 0 saturated carbocycles. The molecule has 0 radical (unpaired) electrons. The Morgan fingerprint density at radius 2 is 1.95 bits per heavy atom. The third kappa shape index (κ3) is 4.19. The maximum atomic E-state index is 12.2. The van der Waals surface area contributed by atoms with Crippen LogP contribution in [-0.4, -0.2) is 27.2 Å². The zero-order valence-corrected chi connectivity index (χ0v) is 13.0. The molecule has 1 rings (SSSR count). The molecular formula is C14H23NO4S. The zero-order valence-electron chi connectivity index (χ0n) is 12.2. The highest BCUT2D eigenvalue weighted by molar-refractivity contribution is 7.89. The maximum Gasteiger partial charge on any atom is 0.240 e. The predicted molar refractivity (Wildman–Crippen MR) is 78.2 cm³/mol. The van der Waals surface area contributed by atoms with Crippen LogP contribution in [0.1, 0.15) is 32.3 Å². The summed E-state index contributed by atoms with van der Waals surface area (Å²) >= 11 is 0. The molecule has 0 aliphatic carbocycles. The molecule has 0 saturated heterocycles. The van der Waals surface area contributed by atoms with Gasteiger partial charge in [-0.05, 0) is 24.1 Å². The normalized spacial score (nSPS) is 11.8. The van der Waals surface area contributed by atoms with Crippen LogP contribution >= 0.6 is 0 Å². The van der Waals surface area contributed by atoms with Gasteiger partial charge in [0.2, 0.25) is 10.0 Å². The van der Waals surface area contributed by atoms with E-state index in [9.17, 15) is 13.5 Å². The van der Waals surface area contributed by atoms with Crippen molar-refractivity contribution in [1.82, 2.24) is 4.72 Å². The summed E-state index contributed by atoms with van der Waals surface area (Å²) in [5.41, 5.74) is 0.456. The molecule has 0 aliphatic heterocycles. The molecule has 0 fully saturated rings. The number of nitrogens with one attached hydrogen (secondary N) is 1. The van der Waals surface area contributed by atoms with Crippen LogP contribution in [0.5, 0.6) is 5.75 Å². The number of rotatable bonds is 8. The second-order valence-electron chi connectivity index (χ2n) is 4.67. The number of hydrogen-bond donors (Lipinski definition) is 2. The fraction of sp³-hybridized carbons (Fsp3) is 0.571. The highest BCUT2D eigenvalue weighted by Gasteiger charge is 2.17. The van der Waals surface area contributed by atoms with Gasteiger partial charge in [0.15, 0.2) is 0 Å². The lowest BCUT2D eigenvalue weighted by atomic mass is 10.0. The Hall–Kier alpha value is -1.11. The predicted octanol–water partition coefficient (Wildman–Crippen LogP) is 1.90. The summed E-state index contributed by atoms with van der Waals surface area (Å²) in [4.78, 5) is 0.147. The van der Waals surface area contributed by atoms with Crippen LogP contribution < -0.4 is 9.46 Å². The van der Waals surface area contributed by atoms with Crippen molar-refractivity contribution in [3.05, 3.63) is 23.8 Å². The fourth-order valence-corrected chi connectivity index (χ4v) is 3.10. The highest BCUT2D eigenvalue weighted by atomic mass is 32.2. The van der Waals surface area contributed by atoms with Crippen molar-refractivity contribution >= 4 is 10.0 Å². The van der Waals surface area contributed by atoms with E-state index >= 15 is 0 Å². The first-order chi connectivity index (χ1) is 9.48. The number of ether oxygens (including phenoxy) is 1. The molecule has 114 valence electrons. The molecule has 0 spiro atoms. The molecule has 1 aromatic rings. The van der Waals surface area contributed by atoms with E-state index in [-0.39, 0.29) is 11.5 Å². The van der Waals surface area contributed by atoms with Crippen LogP contribution in [0, 0.1) is 5.92 Å². The topological polar surface area (TPSA) is 75.6 Å². The third-order valence-electron chi connectivity index (χ3n) is 3.45. The highest BCUT2D eigenvalue weighted by Crippen LogP contribution is 2.22. The molecule has 2 N–H and O–H groups in total. The minimum atomic E-state index is -3.55. The summed E-state index contributed by atoms with van der Waals surface area (Å²) in [6.45, 7) is 4.24. The van der Waals surface area contributed by atoms with Crippen molar-refractivity contribution in [3.8, 4) is 5.75 Å². The summed E-state index contributed by atoms with van der Waals surface area (Å²) in [5, 5.41) is 9.24. The van der Waals surface area contributed by atoms with Crippen molar-refractivity contribution in [2.75, 3.05) is 13.7 Å². The fourth-order valence-electron chi connectivity index (χ4n) is 1.93. The second-order valence-corrected chi connectivity index (χ2v) is 6.43. The van der Waals surface area contributed by atoms with Gasteiger partial charge in [0.25, 0.3) is 0 Å². The summed E-state index contributed by atoms with van der Waals surface area (Å²) in [6, 6.07) is 4.47. The Bertz CT molecular complexity index is 524. The lowest BCUT2D eigenvalue weighted by molar-refractivity contribution is 0.273. The average molecular weight is 301 g/mol. The van der Waals surface area contributed by atoms with Crippen LogP contribution in [-0.2, 0) is 16.6 Å². The standard InChI is InChI=1S/C14H23NO4S/c1-4-11(5-2)9-15-20(17,18)13-6-7-14(19-3)12(8-13)10-16/h6-8,11,15-16H,4-5,9-10H2,1-3H3.